The van der Waals surface area contributed by atoms with Crippen molar-refractivity contribution < 1.29 is 9.18 Å². The number of amides is 1. The fourth-order valence-corrected chi connectivity index (χ4v) is 4.40. The van der Waals surface area contributed by atoms with Gasteiger partial charge in [-0.1, -0.05) is 35.9 Å². The Balaban J connectivity index is 1.39. The maximum absolute atomic E-state index is 14.2. The topological polar surface area (TPSA) is 45.2 Å². The lowest BCUT2D eigenvalue weighted by atomic mass is 10.2. The van der Waals surface area contributed by atoms with Crippen LogP contribution in [0, 0.1) is 12.7 Å². The minimum Gasteiger partial charge on any atom is -0.325 e. The van der Waals surface area contributed by atoms with Crippen LogP contribution in [-0.4, -0.2) is 21.8 Å². The van der Waals surface area contributed by atoms with Crippen LogP contribution in [0.1, 0.15) is 34.7 Å². The summed E-state index contributed by atoms with van der Waals surface area (Å²) < 4.78 is 14.2. The number of hydrogen-bond donors (Lipinski definition) is 1. The van der Waals surface area contributed by atoms with Crippen LogP contribution < -0.4 is 5.32 Å². The van der Waals surface area contributed by atoms with E-state index in [9.17, 15) is 9.18 Å². The number of carbonyl (C=O) groups is 1. The lowest BCUT2D eigenvalue weighted by molar-refractivity contribution is -0.115. The number of aromatic nitrogens is 1. The molecule has 0 radical (unpaired) electrons. The second-order valence-electron chi connectivity index (χ2n) is 7.61. The quantitative estimate of drug-likeness (QED) is 0.493. The van der Waals surface area contributed by atoms with Gasteiger partial charge in [0, 0.05) is 40.8 Å². The van der Waals surface area contributed by atoms with Gasteiger partial charge in [-0.25, -0.2) is 9.37 Å². The lowest BCUT2D eigenvalue weighted by Crippen LogP contribution is -2.26. The van der Waals surface area contributed by atoms with E-state index in [4.69, 9.17) is 11.6 Å². The molecule has 1 aromatic heterocycles. The second-order valence-corrected chi connectivity index (χ2v) is 8.96. The number of halogens is 2. The summed E-state index contributed by atoms with van der Waals surface area (Å²) in [4.78, 5) is 19.2. The van der Waals surface area contributed by atoms with E-state index in [1.807, 2.05) is 36.6 Å². The van der Waals surface area contributed by atoms with Crippen LogP contribution in [0.4, 0.5) is 10.1 Å². The van der Waals surface area contributed by atoms with Crippen molar-refractivity contribution in [3.8, 4) is 0 Å². The molecule has 1 N–H and O–H groups in total. The summed E-state index contributed by atoms with van der Waals surface area (Å²) in [6.07, 6.45) is 2.44. The van der Waals surface area contributed by atoms with Crippen LogP contribution in [0.3, 0.4) is 0 Å². The van der Waals surface area contributed by atoms with Crippen molar-refractivity contribution in [2.24, 2.45) is 0 Å². The van der Waals surface area contributed by atoms with Crippen molar-refractivity contribution in [1.82, 2.24) is 9.88 Å². The Labute approximate surface area is 184 Å². The zero-order valence-electron chi connectivity index (χ0n) is 16.7. The van der Waals surface area contributed by atoms with Gasteiger partial charge in [-0.2, -0.15) is 0 Å². The van der Waals surface area contributed by atoms with Gasteiger partial charge < -0.3 is 5.32 Å². The molecule has 0 bridgehead atoms. The monoisotopic (exact) mass is 443 g/mol. The summed E-state index contributed by atoms with van der Waals surface area (Å²) in [6.45, 7) is 3.04. The number of benzene rings is 2. The average Bonchev–Trinajstić information content (AvgIpc) is 3.47. The van der Waals surface area contributed by atoms with E-state index in [0.29, 0.717) is 29.7 Å². The molecule has 7 heteroatoms. The van der Waals surface area contributed by atoms with Crippen LogP contribution in [0.5, 0.6) is 0 Å². The molecule has 156 valence electrons. The van der Waals surface area contributed by atoms with Crippen LogP contribution in [0.2, 0.25) is 5.02 Å². The van der Waals surface area contributed by atoms with Gasteiger partial charge in [0.1, 0.15) is 10.8 Å². The number of para-hydroxylation sites is 1. The van der Waals surface area contributed by atoms with E-state index in [2.05, 4.69) is 15.2 Å². The third-order valence-electron chi connectivity index (χ3n) is 5.18. The second kappa shape index (κ2) is 9.25. The maximum Gasteiger partial charge on any atom is 0.231 e. The van der Waals surface area contributed by atoms with Crippen molar-refractivity contribution in [1.29, 1.82) is 0 Å². The molecule has 2 aromatic carbocycles. The summed E-state index contributed by atoms with van der Waals surface area (Å²) in [7, 11) is 0. The fourth-order valence-electron chi connectivity index (χ4n) is 3.40. The molecule has 1 heterocycles. The first-order valence-electron chi connectivity index (χ1n) is 9.95. The van der Waals surface area contributed by atoms with Gasteiger partial charge in [0.15, 0.2) is 0 Å². The molecule has 1 aliphatic carbocycles. The van der Waals surface area contributed by atoms with Gasteiger partial charge in [0.25, 0.3) is 0 Å². The maximum atomic E-state index is 14.2. The molecule has 1 fully saturated rings. The van der Waals surface area contributed by atoms with Gasteiger partial charge >= 0.3 is 0 Å². The van der Waals surface area contributed by atoms with E-state index in [1.165, 1.54) is 17.4 Å². The molecule has 0 aliphatic heterocycles. The number of carbonyl (C=O) groups excluding carboxylic acids is 1. The highest BCUT2D eigenvalue weighted by atomic mass is 35.5. The third kappa shape index (κ3) is 5.25. The molecule has 30 heavy (non-hydrogen) atoms. The van der Waals surface area contributed by atoms with Gasteiger partial charge in [0.05, 0.1) is 12.1 Å². The molecule has 1 amide bonds. The summed E-state index contributed by atoms with van der Waals surface area (Å²) >= 11 is 7.70. The van der Waals surface area contributed by atoms with E-state index in [-0.39, 0.29) is 18.1 Å². The number of anilines is 1. The van der Waals surface area contributed by atoms with E-state index in [0.717, 1.165) is 34.8 Å². The predicted molar refractivity (Wildman–Crippen MR) is 119 cm³/mol. The number of nitrogens with zero attached hydrogens (tertiary/aromatic N) is 2. The summed E-state index contributed by atoms with van der Waals surface area (Å²) in [5.74, 6) is -0.359. The number of rotatable bonds is 8. The summed E-state index contributed by atoms with van der Waals surface area (Å²) in [6, 6.07) is 12.9. The minimum atomic E-state index is -0.278. The zero-order chi connectivity index (χ0) is 21.1. The molecule has 0 unspecified atom stereocenters. The lowest BCUT2D eigenvalue weighted by Gasteiger charge is -2.22. The Morgan fingerprint density at radius 3 is 2.77 bits per heavy atom. The molecule has 0 atom stereocenters. The number of hydrogen-bond acceptors (Lipinski definition) is 4. The molecule has 4 nitrogen and oxygen atoms in total. The Morgan fingerprint density at radius 1 is 1.23 bits per heavy atom. The highest BCUT2D eigenvalue weighted by molar-refractivity contribution is 7.09. The van der Waals surface area contributed by atoms with Gasteiger partial charge in [0.2, 0.25) is 5.91 Å². The van der Waals surface area contributed by atoms with Gasteiger partial charge in [-0.15, -0.1) is 11.3 Å². The van der Waals surface area contributed by atoms with E-state index in [1.54, 1.807) is 12.1 Å². The van der Waals surface area contributed by atoms with Crippen molar-refractivity contribution in [3.63, 3.8) is 0 Å². The highest BCUT2D eigenvalue weighted by Gasteiger charge is 2.30. The van der Waals surface area contributed by atoms with Crippen LogP contribution in [-0.2, 0) is 24.3 Å². The Bertz CT molecular complexity index is 1030. The summed E-state index contributed by atoms with van der Waals surface area (Å²) in [5.41, 5.74) is 3.27. The minimum absolute atomic E-state index is 0.0811. The third-order valence-corrected chi connectivity index (χ3v) is 6.43. The number of nitrogens with one attached hydrogen (secondary N) is 1. The van der Waals surface area contributed by atoms with Crippen molar-refractivity contribution in [3.05, 3.63) is 80.5 Å². The highest BCUT2D eigenvalue weighted by Crippen LogP contribution is 2.32. The van der Waals surface area contributed by atoms with E-state index < -0.39 is 0 Å². The Hall–Kier alpha value is -2.28. The Morgan fingerprint density at radius 2 is 2.03 bits per heavy atom. The van der Waals surface area contributed by atoms with Crippen molar-refractivity contribution >= 4 is 34.5 Å². The first-order chi connectivity index (χ1) is 14.5. The molecular weight excluding hydrogens is 421 g/mol. The standard InChI is InChI=1S/C23H23ClFN3OS/c1-15-5-2-3-8-21(15)27-22(29)11-23-26-16(14-30-23)12-28(17-9-10-17)13-18-19(24)6-4-7-20(18)25/h2-8,14,17H,9-13H2,1H3,(H,27,29). The Kier molecular flexibility index (Phi) is 6.46. The van der Waals surface area contributed by atoms with Crippen LogP contribution in [0.25, 0.3) is 0 Å². The average molecular weight is 444 g/mol. The molecular formula is C23H23ClFN3OS. The first kappa shape index (κ1) is 21.0. The van der Waals surface area contributed by atoms with Crippen molar-refractivity contribution in [2.45, 2.75) is 45.3 Å². The van der Waals surface area contributed by atoms with Gasteiger partial charge in [-0.05, 0) is 43.5 Å². The predicted octanol–water partition coefficient (Wildman–Crippen LogP) is 5.59. The smallest absolute Gasteiger partial charge is 0.231 e. The number of aryl methyl sites for hydroxylation is 1. The molecule has 1 aliphatic rings. The normalized spacial score (nSPS) is 13.6. The molecule has 1 saturated carbocycles. The largest absolute Gasteiger partial charge is 0.325 e. The van der Waals surface area contributed by atoms with Gasteiger partial charge in [-0.3, -0.25) is 9.69 Å². The number of thiazole rings is 1. The molecule has 4 rings (SSSR count). The molecule has 0 spiro atoms. The fraction of sp³-hybridized carbons (Fsp3) is 0.304. The van der Waals surface area contributed by atoms with E-state index >= 15 is 0 Å². The SMILES string of the molecule is Cc1ccccc1NC(=O)Cc1nc(CN(Cc2c(F)cccc2Cl)C2CC2)cs1. The first-order valence-corrected chi connectivity index (χ1v) is 11.2. The summed E-state index contributed by atoms with van der Waals surface area (Å²) in [5, 5.41) is 6.15. The molecule has 3 aromatic rings. The molecule has 0 saturated heterocycles. The zero-order valence-corrected chi connectivity index (χ0v) is 18.3. The van der Waals surface area contributed by atoms with Crippen molar-refractivity contribution in [2.75, 3.05) is 5.32 Å². The van der Waals surface area contributed by atoms with Crippen LogP contribution in [0.15, 0.2) is 47.8 Å². The van der Waals surface area contributed by atoms with Crippen LogP contribution >= 0.6 is 22.9 Å².